The van der Waals surface area contributed by atoms with E-state index in [0.717, 1.165) is 33.7 Å². The van der Waals surface area contributed by atoms with E-state index in [1.807, 2.05) is 54.4 Å². The average molecular weight is 447 g/mol. The van der Waals surface area contributed by atoms with Crippen LogP contribution in [0.15, 0.2) is 59.7 Å². The minimum absolute atomic E-state index is 0.0334. The van der Waals surface area contributed by atoms with E-state index in [2.05, 4.69) is 6.07 Å². The van der Waals surface area contributed by atoms with Gasteiger partial charge in [-0.3, -0.25) is 0 Å². The largest absolute Gasteiger partial charge is 0.507 e. The highest BCUT2D eigenvalue weighted by Crippen LogP contribution is 2.50. The molecule has 0 aliphatic carbocycles. The van der Waals surface area contributed by atoms with Crippen molar-refractivity contribution in [3.63, 3.8) is 0 Å². The van der Waals surface area contributed by atoms with Crippen LogP contribution in [-0.4, -0.2) is 37.2 Å². The van der Waals surface area contributed by atoms with Crippen LogP contribution >= 0.6 is 0 Å². The van der Waals surface area contributed by atoms with Crippen LogP contribution in [0.5, 0.6) is 28.7 Å². The van der Waals surface area contributed by atoms with Gasteiger partial charge in [-0.1, -0.05) is 29.8 Å². The maximum atomic E-state index is 10.5. The molecular formula is C26H26N2O5. The minimum atomic E-state index is -0.511. The quantitative estimate of drug-likeness (QED) is 0.597. The summed E-state index contributed by atoms with van der Waals surface area (Å²) in [5.41, 5.74) is 4.51. The second-order valence-corrected chi connectivity index (χ2v) is 8.13. The lowest BCUT2D eigenvalue weighted by Gasteiger charge is -2.38. The van der Waals surface area contributed by atoms with Crippen LogP contribution in [0.3, 0.4) is 0 Å². The number of aromatic hydroxyl groups is 1. The van der Waals surface area contributed by atoms with Gasteiger partial charge in [-0.25, -0.2) is 5.01 Å². The topological polar surface area (TPSA) is 72.8 Å². The van der Waals surface area contributed by atoms with Crippen molar-refractivity contribution in [2.75, 3.05) is 21.3 Å². The van der Waals surface area contributed by atoms with E-state index in [4.69, 9.17) is 24.0 Å². The van der Waals surface area contributed by atoms with E-state index in [9.17, 15) is 5.11 Å². The fourth-order valence-corrected chi connectivity index (χ4v) is 4.54. The van der Waals surface area contributed by atoms with Gasteiger partial charge in [0.2, 0.25) is 12.0 Å². The summed E-state index contributed by atoms with van der Waals surface area (Å²) in [4.78, 5) is 0. The molecule has 170 valence electrons. The molecule has 0 radical (unpaired) electrons. The number of ether oxygens (including phenoxy) is 4. The Labute approximate surface area is 192 Å². The molecule has 7 nitrogen and oxygen atoms in total. The maximum absolute atomic E-state index is 10.5. The van der Waals surface area contributed by atoms with Crippen LogP contribution in [0, 0.1) is 6.92 Å². The number of hydrogen-bond acceptors (Lipinski definition) is 7. The van der Waals surface area contributed by atoms with Crippen molar-refractivity contribution in [2.24, 2.45) is 5.10 Å². The Bertz CT molecular complexity index is 1210. The van der Waals surface area contributed by atoms with Crippen LogP contribution in [0.2, 0.25) is 0 Å². The van der Waals surface area contributed by atoms with E-state index < -0.39 is 6.23 Å². The highest BCUT2D eigenvalue weighted by Gasteiger charge is 2.41. The first-order valence-electron chi connectivity index (χ1n) is 10.7. The lowest BCUT2D eigenvalue weighted by atomic mass is 9.95. The first-order chi connectivity index (χ1) is 16.0. The number of benzene rings is 3. The monoisotopic (exact) mass is 446 g/mol. The number of phenols is 1. The second kappa shape index (κ2) is 8.24. The van der Waals surface area contributed by atoms with Crippen molar-refractivity contribution in [3.05, 3.63) is 76.9 Å². The Kier molecular flexibility index (Phi) is 5.24. The summed E-state index contributed by atoms with van der Waals surface area (Å²) in [6.45, 7) is 2.00. The summed E-state index contributed by atoms with van der Waals surface area (Å²) in [7, 11) is 4.76. The lowest BCUT2D eigenvalue weighted by molar-refractivity contribution is -0.0192. The summed E-state index contributed by atoms with van der Waals surface area (Å²) in [6, 6.07) is 17.3. The number of hydrazone groups is 1. The van der Waals surface area contributed by atoms with Gasteiger partial charge in [-0.2, -0.15) is 5.10 Å². The van der Waals surface area contributed by atoms with Gasteiger partial charge in [-0.15, -0.1) is 0 Å². The van der Waals surface area contributed by atoms with E-state index in [-0.39, 0.29) is 11.8 Å². The first-order valence-corrected chi connectivity index (χ1v) is 10.7. The molecule has 5 rings (SSSR count). The molecule has 7 heteroatoms. The lowest BCUT2D eigenvalue weighted by Crippen LogP contribution is -2.33. The number of methoxy groups -OCH3 is 3. The van der Waals surface area contributed by atoms with Gasteiger partial charge in [-0.05, 0) is 37.3 Å². The zero-order chi connectivity index (χ0) is 23.1. The van der Waals surface area contributed by atoms with Gasteiger partial charge in [0.1, 0.15) is 11.5 Å². The second-order valence-electron chi connectivity index (χ2n) is 8.13. The Hall–Kier alpha value is -3.87. The summed E-state index contributed by atoms with van der Waals surface area (Å²) >= 11 is 0. The minimum Gasteiger partial charge on any atom is -0.507 e. The number of aryl methyl sites for hydroxylation is 1. The van der Waals surface area contributed by atoms with Crippen LogP contribution in [0.4, 0.5) is 0 Å². The fraction of sp³-hybridized carbons (Fsp3) is 0.269. The third-order valence-corrected chi connectivity index (χ3v) is 6.13. The van der Waals surface area contributed by atoms with Gasteiger partial charge in [0.25, 0.3) is 0 Å². The maximum Gasteiger partial charge on any atom is 0.214 e. The van der Waals surface area contributed by atoms with Gasteiger partial charge >= 0.3 is 0 Å². The Balaban J connectivity index is 1.64. The molecule has 2 heterocycles. The number of nitrogens with zero attached hydrogens (tertiary/aromatic N) is 2. The van der Waals surface area contributed by atoms with Gasteiger partial charge in [0.15, 0.2) is 11.5 Å². The molecule has 3 aromatic rings. The van der Waals surface area contributed by atoms with Crippen LogP contribution < -0.4 is 18.9 Å². The normalized spacial score (nSPS) is 18.7. The van der Waals surface area contributed by atoms with Gasteiger partial charge in [0, 0.05) is 23.1 Å². The van der Waals surface area contributed by atoms with E-state index >= 15 is 0 Å². The average Bonchev–Trinajstić information content (AvgIpc) is 3.29. The zero-order valence-electron chi connectivity index (χ0n) is 19.0. The van der Waals surface area contributed by atoms with E-state index in [1.54, 1.807) is 27.4 Å². The molecule has 0 saturated heterocycles. The number of hydrogen-bond donors (Lipinski definition) is 1. The molecule has 2 atom stereocenters. The van der Waals surface area contributed by atoms with Crippen molar-refractivity contribution < 1.29 is 24.1 Å². The number of fused-ring (bicyclic) bond motifs is 3. The highest BCUT2D eigenvalue weighted by molar-refractivity contribution is 6.04. The number of phenolic OH excluding ortho intramolecular Hbond substituents is 1. The number of para-hydroxylation sites is 1. The zero-order valence-corrected chi connectivity index (χ0v) is 19.0. The molecule has 1 N–H and O–H groups in total. The molecule has 0 amide bonds. The molecule has 0 bridgehead atoms. The Morgan fingerprint density at radius 1 is 0.970 bits per heavy atom. The highest BCUT2D eigenvalue weighted by atomic mass is 16.5. The van der Waals surface area contributed by atoms with Crippen LogP contribution in [-0.2, 0) is 0 Å². The molecule has 3 aromatic carbocycles. The Morgan fingerprint density at radius 2 is 1.70 bits per heavy atom. The standard InChI is InChI=1S/C26H26N2O5/c1-15-9-10-21(29)18(11-15)19-14-20-17-7-5-6-8-22(17)33-26(28(20)27-19)16-12-23(30-2)25(32-4)24(13-16)31-3/h5-13,20,26,29H,14H2,1-4H3. The molecular weight excluding hydrogens is 420 g/mol. The summed E-state index contributed by atoms with van der Waals surface area (Å²) in [5, 5.41) is 17.4. The molecule has 0 saturated carbocycles. The molecule has 0 fully saturated rings. The smallest absolute Gasteiger partial charge is 0.214 e. The summed E-state index contributed by atoms with van der Waals surface area (Å²) in [5.74, 6) is 2.64. The SMILES string of the molecule is COc1cc(C2Oc3ccccc3C3CC(c4cc(C)ccc4O)=NN32)cc(OC)c1OC. The summed E-state index contributed by atoms with van der Waals surface area (Å²) in [6.07, 6.45) is 0.140. The van der Waals surface area contributed by atoms with Crippen molar-refractivity contribution in [2.45, 2.75) is 25.6 Å². The van der Waals surface area contributed by atoms with E-state index in [0.29, 0.717) is 23.7 Å². The van der Waals surface area contributed by atoms with Crippen LogP contribution in [0.25, 0.3) is 0 Å². The first kappa shape index (κ1) is 21.0. The molecule has 0 spiro atoms. The predicted octanol–water partition coefficient (Wildman–Crippen LogP) is 4.97. The fourth-order valence-electron chi connectivity index (χ4n) is 4.54. The molecule has 33 heavy (non-hydrogen) atoms. The third-order valence-electron chi connectivity index (χ3n) is 6.13. The van der Waals surface area contributed by atoms with Crippen molar-refractivity contribution >= 4 is 5.71 Å². The molecule has 2 aliphatic rings. The molecule has 2 aliphatic heterocycles. The van der Waals surface area contributed by atoms with Crippen LogP contribution in [0.1, 0.15) is 40.9 Å². The number of rotatable bonds is 5. The molecule has 2 unspecified atom stereocenters. The predicted molar refractivity (Wildman–Crippen MR) is 124 cm³/mol. The van der Waals surface area contributed by atoms with E-state index in [1.165, 1.54) is 0 Å². The molecule has 0 aromatic heterocycles. The van der Waals surface area contributed by atoms with Gasteiger partial charge in [0.05, 0.1) is 33.1 Å². The third kappa shape index (κ3) is 3.50. The summed E-state index contributed by atoms with van der Waals surface area (Å²) < 4.78 is 23.1. The van der Waals surface area contributed by atoms with Gasteiger partial charge < -0.3 is 24.1 Å². The van der Waals surface area contributed by atoms with Crippen molar-refractivity contribution in [1.82, 2.24) is 5.01 Å². The van der Waals surface area contributed by atoms with Crippen molar-refractivity contribution in [1.29, 1.82) is 0 Å². The Morgan fingerprint density at radius 3 is 2.39 bits per heavy atom. The van der Waals surface area contributed by atoms with Crippen molar-refractivity contribution in [3.8, 4) is 28.7 Å².